The molecule has 6 heteroatoms. The molecule has 1 aromatic rings. The van der Waals surface area contributed by atoms with Crippen LogP contribution < -0.4 is 9.64 Å². The number of amides is 1. The summed E-state index contributed by atoms with van der Waals surface area (Å²) >= 11 is 0. The number of piperidine rings is 1. The van der Waals surface area contributed by atoms with E-state index in [0.717, 1.165) is 76.0 Å². The number of carbonyl (C=O) groups is 1. The molecule has 3 heterocycles. The third-order valence-electron chi connectivity index (χ3n) is 6.81. The molecule has 1 atom stereocenters. The van der Waals surface area contributed by atoms with Crippen molar-refractivity contribution in [1.29, 1.82) is 0 Å². The van der Waals surface area contributed by atoms with E-state index in [1.807, 2.05) is 13.0 Å². The molecule has 1 aliphatic carbocycles. The molecule has 1 saturated carbocycles. The fourth-order valence-corrected chi connectivity index (χ4v) is 5.26. The maximum atomic E-state index is 13.4. The molecule has 2 aliphatic heterocycles. The summed E-state index contributed by atoms with van der Waals surface area (Å²) in [5, 5.41) is 9.78. The van der Waals surface area contributed by atoms with Crippen molar-refractivity contribution in [2.75, 3.05) is 31.6 Å². The topological polar surface area (TPSA) is 65.9 Å². The maximum Gasteiger partial charge on any atom is 0.230 e. The van der Waals surface area contributed by atoms with Gasteiger partial charge >= 0.3 is 0 Å². The van der Waals surface area contributed by atoms with Crippen LogP contribution in [0, 0.1) is 12.3 Å². The molecule has 27 heavy (non-hydrogen) atoms. The lowest BCUT2D eigenvalue weighted by molar-refractivity contribution is -0.139. The van der Waals surface area contributed by atoms with E-state index < -0.39 is 0 Å². The minimum Gasteiger partial charge on any atom is -0.481 e. The Bertz CT molecular complexity index is 702. The molecule has 3 aliphatic rings. The highest BCUT2D eigenvalue weighted by atomic mass is 16.5. The molecule has 1 amide bonds. The quantitative estimate of drug-likeness (QED) is 0.882. The molecule has 1 N–H and O–H groups in total. The molecule has 1 spiro atoms. The zero-order valence-electron chi connectivity index (χ0n) is 16.5. The van der Waals surface area contributed by atoms with Crippen LogP contribution in [0.3, 0.4) is 0 Å². The summed E-state index contributed by atoms with van der Waals surface area (Å²) in [5.74, 6) is 0.971. The smallest absolute Gasteiger partial charge is 0.230 e. The summed E-state index contributed by atoms with van der Waals surface area (Å²) in [4.78, 5) is 22.4. The van der Waals surface area contributed by atoms with E-state index >= 15 is 0 Å². The molecule has 6 nitrogen and oxygen atoms in total. The SMILES string of the molecule is COc1ccc(N2CCCC3(CCN([C@H]4CC[C@H](O)CC4)C3=O)C2)c(C)n1. The summed E-state index contributed by atoms with van der Waals surface area (Å²) < 4.78 is 5.23. The number of hydrogen-bond acceptors (Lipinski definition) is 5. The van der Waals surface area contributed by atoms with Crippen LogP contribution in [0.15, 0.2) is 12.1 Å². The van der Waals surface area contributed by atoms with Gasteiger partial charge in [-0.25, -0.2) is 4.98 Å². The van der Waals surface area contributed by atoms with E-state index in [1.165, 1.54) is 0 Å². The fraction of sp³-hybridized carbons (Fsp3) is 0.714. The van der Waals surface area contributed by atoms with Gasteiger partial charge in [0, 0.05) is 31.7 Å². The third kappa shape index (κ3) is 3.40. The Morgan fingerprint density at radius 1 is 1.19 bits per heavy atom. The van der Waals surface area contributed by atoms with Crippen molar-refractivity contribution in [2.45, 2.75) is 64.0 Å². The molecule has 148 valence electrons. The molecule has 4 rings (SSSR count). The van der Waals surface area contributed by atoms with Crippen molar-refractivity contribution in [3.63, 3.8) is 0 Å². The standard InChI is InChI=1S/C21H31N3O3/c1-15-18(8-9-19(22-15)27-2)23-12-3-10-21(14-23)11-13-24(20(21)26)16-4-6-17(25)7-5-16/h8-9,16-17,25H,3-7,10-14H2,1-2H3/t16-,17-,21?. The van der Waals surface area contributed by atoms with Gasteiger partial charge in [-0.2, -0.15) is 0 Å². The van der Waals surface area contributed by atoms with Crippen LogP contribution in [0.5, 0.6) is 5.88 Å². The normalized spacial score (nSPS) is 31.6. The monoisotopic (exact) mass is 373 g/mol. The first kappa shape index (κ1) is 18.5. The van der Waals surface area contributed by atoms with Crippen molar-refractivity contribution < 1.29 is 14.6 Å². The van der Waals surface area contributed by atoms with Crippen LogP contribution in [0.2, 0.25) is 0 Å². The molecule has 0 aromatic carbocycles. The second-order valence-corrected chi connectivity index (χ2v) is 8.47. The molecular formula is C21H31N3O3. The lowest BCUT2D eigenvalue weighted by atomic mass is 9.78. The first-order valence-electron chi connectivity index (χ1n) is 10.3. The highest BCUT2D eigenvalue weighted by molar-refractivity contribution is 5.86. The number of rotatable bonds is 3. The average molecular weight is 373 g/mol. The number of aliphatic hydroxyl groups excluding tert-OH is 1. The second kappa shape index (κ2) is 7.30. The highest BCUT2D eigenvalue weighted by Gasteiger charge is 2.50. The number of anilines is 1. The summed E-state index contributed by atoms with van der Waals surface area (Å²) in [5.41, 5.74) is 1.82. The molecule has 0 radical (unpaired) electrons. The zero-order valence-corrected chi connectivity index (χ0v) is 16.5. The van der Waals surface area contributed by atoms with Crippen molar-refractivity contribution in [3.8, 4) is 5.88 Å². The number of hydrogen-bond donors (Lipinski definition) is 1. The van der Waals surface area contributed by atoms with Crippen molar-refractivity contribution in [2.24, 2.45) is 5.41 Å². The van der Waals surface area contributed by atoms with E-state index in [4.69, 9.17) is 4.74 Å². The second-order valence-electron chi connectivity index (χ2n) is 8.47. The first-order valence-corrected chi connectivity index (χ1v) is 10.3. The minimum atomic E-state index is -0.249. The summed E-state index contributed by atoms with van der Waals surface area (Å²) in [6.45, 7) is 4.63. The first-order chi connectivity index (χ1) is 13.0. The van der Waals surface area contributed by atoms with Gasteiger partial charge < -0.3 is 19.6 Å². The minimum absolute atomic E-state index is 0.177. The molecule has 0 bridgehead atoms. The number of likely N-dealkylation sites (tertiary alicyclic amines) is 1. The van der Waals surface area contributed by atoms with E-state index in [9.17, 15) is 9.90 Å². The van der Waals surface area contributed by atoms with E-state index in [-0.39, 0.29) is 11.5 Å². The average Bonchev–Trinajstić information content (AvgIpc) is 2.98. The number of methoxy groups -OCH3 is 1. The highest BCUT2D eigenvalue weighted by Crippen LogP contribution is 2.43. The van der Waals surface area contributed by atoms with Gasteiger partial charge in [0.2, 0.25) is 11.8 Å². The number of aliphatic hydroxyl groups is 1. The molecular weight excluding hydrogens is 342 g/mol. The van der Waals surface area contributed by atoms with Crippen LogP contribution in [-0.2, 0) is 4.79 Å². The number of nitrogens with zero attached hydrogens (tertiary/aromatic N) is 3. The lowest BCUT2D eigenvalue weighted by Crippen LogP contribution is -2.50. The third-order valence-corrected chi connectivity index (χ3v) is 6.81. The van der Waals surface area contributed by atoms with Crippen LogP contribution >= 0.6 is 0 Å². The van der Waals surface area contributed by atoms with Crippen molar-refractivity contribution >= 4 is 11.6 Å². The zero-order chi connectivity index (χ0) is 19.0. The Balaban J connectivity index is 1.50. The van der Waals surface area contributed by atoms with E-state index in [1.54, 1.807) is 7.11 Å². The molecule has 1 unspecified atom stereocenters. The number of aryl methyl sites for hydroxylation is 1. The lowest BCUT2D eigenvalue weighted by Gasteiger charge is -2.41. The predicted octanol–water partition coefficient (Wildman–Crippen LogP) is 2.52. The van der Waals surface area contributed by atoms with Gasteiger partial charge in [0.25, 0.3) is 0 Å². The molecule has 3 fully saturated rings. The van der Waals surface area contributed by atoms with E-state index in [2.05, 4.69) is 20.9 Å². The number of aromatic nitrogens is 1. The summed E-state index contributed by atoms with van der Waals surface area (Å²) in [7, 11) is 1.63. The Labute approximate surface area is 161 Å². The van der Waals surface area contributed by atoms with E-state index in [0.29, 0.717) is 17.8 Å². The molecule has 2 saturated heterocycles. The number of carbonyl (C=O) groups excluding carboxylic acids is 1. The largest absolute Gasteiger partial charge is 0.481 e. The Morgan fingerprint density at radius 3 is 2.67 bits per heavy atom. The Hall–Kier alpha value is -1.82. The van der Waals surface area contributed by atoms with Gasteiger partial charge in [0.1, 0.15) is 0 Å². The predicted molar refractivity (Wildman–Crippen MR) is 104 cm³/mol. The van der Waals surface area contributed by atoms with Gasteiger partial charge in [-0.3, -0.25) is 4.79 Å². The van der Waals surface area contributed by atoms with Gasteiger partial charge in [-0.05, 0) is 57.9 Å². The van der Waals surface area contributed by atoms with Gasteiger partial charge in [-0.1, -0.05) is 0 Å². The van der Waals surface area contributed by atoms with Gasteiger partial charge in [0.05, 0.1) is 30.0 Å². The fourth-order valence-electron chi connectivity index (χ4n) is 5.26. The van der Waals surface area contributed by atoms with Crippen LogP contribution in [0.1, 0.15) is 50.6 Å². The van der Waals surface area contributed by atoms with Crippen molar-refractivity contribution in [1.82, 2.24) is 9.88 Å². The Kier molecular flexibility index (Phi) is 5.01. The van der Waals surface area contributed by atoms with Crippen LogP contribution in [0.4, 0.5) is 5.69 Å². The van der Waals surface area contributed by atoms with Gasteiger partial charge in [0.15, 0.2) is 0 Å². The summed E-state index contributed by atoms with van der Waals surface area (Å²) in [6.07, 6.45) is 6.32. The van der Waals surface area contributed by atoms with Crippen LogP contribution in [-0.4, -0.2) is 59.8 Å². The molecule has 1 aromatic heterocycles. The van der Waals surface area contributed by atoms with Crippen molar-refractivity contribution in [3.05, 3.63) is 17.8 Å². The maximum absolute atomic E-state index is 13.4. The van der Waals surface area contributed by atoms with Gasteiger partial charge in [-0.15, -0.1) is 0 Å². The Morgan fingerprint density at radius 2 is 1.96 bits per heavy atom. The number of pyridine rings is 1. The van der Waals surface area contributed by atoms with Crippen LogP contribution in [0.25, 0.3) is 0 Å². The summed E-state index contributed by atoms with van der Waals surface area (Å²) in [6, 6.07) is 4.29. The number of ether oxygens (including phenoxy) is 1.